The van der Waals surface area contributed by atoms with Crippen LogP contribution in [-0.2, 0) is 0 Å². The Bertz CT molecular complexity index is 340. The Balaban J connectivity index is 2.06. The van der Waals surface area contributed by atoms with Crippen LogP contribution in [0.1, 0.15) is 47.0 Å². The summed E-state index contributed by atoms with van der Waals surface area (Å²) in [6.45, 7) is 5.07. The number of aryl methyl sites for hydroxylation is 2. The molecule has 0 aliphatic heterocycles. The molecule has 1 aliphatic rings. The molecule has 2 rings (SSSR count). The van der Waals surface area contributed by atoms with Crippen molar-refractivity contribution >= 4 is 11.3 Å². The second kappa shape index (κ2) is 5.30. The van der Waals surface area contributed by atoms with Crippen molar-refractivity contribution < 1.29 is 0 Å². The highest BCUT2D eigenvalue weighted by atomic mass is 32.1. The van der Waals surface area contributed by atoms with Gasteiger partial charge in [-0.2, -0.15) is 0 Å². The van der Waals surface area contributed by atoms with E-state index in [1.54, 1.807) is 0 Å². The molecule has 3 heteroatoms. The van der Waals surface area contributed by atoms with Crippen LogP contribution in [0.25, 0.3) is 0 Å². The third-order valence-corrected chi connectivity index (χ3v) is 4.46. The van der Waals surface area contributed by atoms with E-state index in [9.17, 15) is 0 Å². The normalized spacial score (nSPS) is 19.2. The zero-order valence-corrected chi connectivity index (χ0v) is 11.1. The van der Waals surface area contributed by atoms with Gasteiger partial charge in [-0.3, -0.25) is 0 Å². The summed E-state index contributed by atoms with van der Waals surface area (Å²) in [6, 6.07) is 3.33. The predicted molar refractivity (Wildman–Crippen MR) is 71.0 cm³/mol. The molecule has 0 bridgehead atoms. The van der Waals surface area contributed by atoms with Crippen LogP contribution in [-0.4, -0.2) is 12.6 Å². The first-order valence-electron chi connectivity index (χ1n) is 6.23. The van der Waals surface area contributed by atoms with Crippen molar-refractivity contribution in [3.05, 3.63) is 21.4 Å². The Kier molecular flexibility index (Phi) is 4.00. The summed E-state index contributed by atoms with van der Waals surface area (Å²) in [5.41, 5.74) is 7.32. The molecule has 1 aliphatic carbocycles. The Hall–Kier alpha value is -0.380. The van der Waals surface area contributed by atoms with Crippen LogP contribution in [0.15, 0.2) is 6.07 Å². The topological polar surface area (TPSA) is 38.0 Å². The van der Waals surface area contributed by atoms with Crippen molar-refractivity contribution in [3.63, 3.8) is 0 Å². The molecule has 1 aromatic rings. The molecule has 2 nitrogen and oxygen atoms in total. The van der Waals surface area contributed by atoms with Gasteiger partial charge >= 0.3 is 0 Å². The molecule has 0 saturated heterocycles. The highest BCUT2D eigenvalue weighted by molar-refractivity contribution is 7.12. The zero-order chi connectivity index (χ0) is 11.5. The Morgan fingerprint density at radius 2 is 2.12 bits per heavy atom. The van der Waals surface area contributed by atoms with Gasteiger partial charge in [-0.25, -0.2) is 0 Å². The summed E-state index contributed by atoms with van der Waals surface area (Å²) in [4.78, 5) is 2.80. The average Bonchev–Trinajstić information content (AvgIpc) is 2.85. The SMILES string of the molecule is Cc1cc(C(CN)NC2CCCC2)c(C)s1. The van der Waals surface area contributed by atoms with Crippen molar-refractivity contribution in [2.24, 2.45) is 5.73 Å². The lowest BCUT2D eigenvalue weighted by molar-refractivity contribution is 0.444. The first-order chi connectivity index (χ1) is 7.70. The molecule has 1 heterocycles. The van der Waals surface area contributed by atoms with Crippen LogP contribution in [0.4, 0.5) is 0 Å². The molecular weight excluding hydrogens is 216 g/mol. The van der Waals surface area contributed by atoms with Crippen LogP contribution in [0, 0.1) is 13.8 Å². The average molecular weight is 238 g/mol. The molecule has 1 unspecified atom stereocenters. The summed E-state index contributed by atoms with van der Waals surface area (Å²) in [7, 11) is 0. The van der Waals surface area contributed by atoms with Gasteiger partial charge in [0.15, 0.2) is 0 Å². The molecule has 0 spiro atoms. The smallest absolute Gasteiger partial charge is 0.0457 e. The fraction of sp³-hybridized carbons (Fsp3) is 0.692. The number of nitrogens with one attached hydrogen (secondary N) is 1. The molecule has 3 N–H and O–H groups in total. The predicted octanol–water partition coefficient (Wildman–Crippen LogP) is 2.90. The Morgan fingerprint density at radius 3 is 2.62 bits per heavy atom. The van der Waals surface area contributed by atoms with Gasteiger partial charge in [0.1, 0.15) is 0 Å². The number of hydrogen-bond acceptors (Lipinski definition) is 3. The second-order valence-corrected chi connectivity index (χ2v) is 6.27. The maximum Gasteiger partial charge on any atom is 0.0457 e. The van der Waals surface area contributed by atoms with E-state index in [1.165, 1.54) is 41.0 Å². The van der Waals surface area contributed by atoms with Gasteiger partial charge in [-0.15, -0.1) is 11.3 Å². The van der Waals surface area contributed by atoms with E-state index >= 15 is 0 Å². The highest BCUT2D eigenvalue weighted by Gasteiger charge is 2.21. The van der Waals surface area contributed by atoms with Gasteiger partial charge in [0.05, 0.1) is 0 Å². The maximum atomic E-state index is 5.90. The zero-order valence-electron chi connectivity index (χ0n) is 10.3. The monoisotopic (exact) mass is 238 g/mol. The largest absolute Gasteiger partial charge is 0.329 e. The van der Waals surface area contributed by atoms with Crippen molar-refractivity contribution in [3.8, 4) is 0 Å². The van der Waals surface area contributed by atoms with E-state index < -0.39 is 0 Å². The molecule has 1 atom stereocenters. The molecule has 90 valence electrons. The highest BCUT2D eigenvalue weighted by Crippen LogP contribution is 2.28. The van der Waals surface area contributed by atoms with Crippen LogP contribution in [0.3, 0.4) is 0 Å². The van der Waals surface area contributed by atoms with Gasteiger partial charge in [-0.1, -0.05) is 12.8 Å². The van der Waals surface area contributed by atoms with Crippen LogP contribution in [0.5, 0.6) is 0 Å². The lowest BCUT2D eigenvalue weighted by Crippen LogP contribution is -2.35. The minimum Gasteiger partial charge on any atom is -0.329 e. The number of hydrogen-bond donors (Lipinski definition) is 2. The molecule has 1 fully saturated rings. The summed E-state index contributed by atoms with van der Waals surface area (Å²) in [6.07, 6.45) is 5.38. The summed E-state index contributed by atoms with van der Waals surface area (Å²) in [5, 5.41) is 3.72. The molecule has 16 heavy (non-hydrogen) atoms. The second-order valence-electron chi connectivity index (χ2n) is 4.80. The van der Waals surface area contributed by atoms with E-state index in [-0.39, 0.29) is 0 Å². The van der Waals surface area contributed by atoms with Crippen molar-refractivity contribution in [1.82, 2.24) is 5.32 Å². The van der Waals surface area contributed by atoms with Gasteiger partial charge in [0.25, 0.3) is 0 Å². The number of thiophene rings is 1. The van der Waals surface area contributed by atoms with Gasteiger partial charge in [-0.05, 0) is 38.3 Å². The van der Waals surface area contributed by atoms with Crippen LogP contribution < -0.4 is 11.1 Å². The maximum absolute atomic E-state index is 5.90. The molecular formula is C13H22N2S. The first kappa shape index (κ1) is 12.1. The quantitative estimate of drug-likeness (QED) is 0.846. The van der Waals surface area contributed by atoms with Crippen LogP contribution >= 0.6 is 11.3 Å². The minimum atomic E-state index is 0.355. The van der Waals surface area contributed by atoms with Crippen molar-refractivity contribution in [1.29, 1.82) is 0 Å². The van der Waals surface area contributed by atoms with Gasteiger partial charge in [0.2, 0.25) is 0 Å². The van der Waals surface area contributed by atoms with E-state index in [0.29, 0.717) is 18.6 Å². The lowest BCUT2D eigenvalue weighted by atomic mass is 10.1. The Morgan fingerprint density at radius 1 is 1.44 bits per heavy atom. The molecule has 0 aromatic carbocycles. The van der Waals surface area contributed by atoms with Crippen molar-refractivity contribution in [2.75, 3.05) is 6.54 Å². The molecule has 0 radical (unpaired) electrons. The van der Waals surface area contributed by atoms with Crippen LogP contribution in [0.2, 0.25) is 0 Å². The van der Waals surface area contributed by atoms with E-state index in [0.717, 1.165) is 0 Å². The van der Waals surface area contributed by atoms with E-state index in [2.05, 4.69) is 25.2 Å². The van der Waals surface area contributed by atoms with Gasteiger partial charge < -0.3 is 11.1 Å². The third-order valence-electron chi connectivity index (χ3n) is 3.48. The first-order valence-corrected chi connectivity index (χ1v) is 7.05. The van der Waals surface area contributed by atoms with Gasteiger partial charge in [0, 0.05) is 28.4 Å². The molecule has 1 saturated carbocycles. The van der Waals surface area contributed by atoms with E-state index in [4.69, 9.17) is 5.73 Å². The fourth-order valence-corrected chi connectivity index (χ4v) is 3.65. The summed E-state index contributed by atoms with van der Waals surface area (Å²) < 4.78 is 0. The summed E-state index contributed by atoms with van der Waals surface area (Å²) in [5.74, 6) is 0. The van der Waals surface area contributed by atoms with Crippen molar-refractivity contribution in [2.45, 2.75) is 51.6 Å². The minimum absolute atomic E-state index is 0.355. The number of nitrogens with two attached hydrogens (primary N) is 1. The fourth-order valence-electron chi connectivity index (χ4n) is 2.66. The lowest BCUT2D eigenvalue weighted by Gasteiger charge is -2.21. The van der Waals surface area contributed by atoms with E-state index in [1.807, 2.05) is 11.3 Å². The molecule has 0 amide bonds. The third kappa shape index (κ3) is 2.65. The summed E-state index contributed by atoms with van der Waals surface area (Å²) >= 11 is 1.88. The number of rotatable bonds is 4. The standard InChI is InChI=1S/C13H22N2S/c1-9-7-12(10(2)16-9)13(8-14)15-11-5-3-4-6-11/h7,11,13,15H,3-6,8,14H2,1-2H3. The molecule has 1 aromatic heterocycles. The Labute approximate surface area is 102 Å².